The first kappa shape index (κ1) is 13.2. The second-order valence-corrected chi connectivity index (χ2v) is 3.94. The van der Waals surface area contributed by atoms with E-state index in [0.29, 0.717) is 0 Å². The Balaban J connectivity index is 3.18. The van der Waals surface area contributed by atoms with Crippen LogP contribution in [0.4, 0.5) is 11.4 Å². The van der Waals surface area contributed by atoms with Gasteiger partial charge in [0, 0.05) is 25.3 Å². The first-order valence-electron chi connectivity index (χ1n) is 5.48. The third kappa shape index (κ3) is 3.03. The van der Waals surface area contributed by atoms with Crippen LogP contribution in [-0.4, -0.2) is 24.3 Å². The maximum Gasteiger partial charge on any atom is 0.280 e. The van der Waals surface area contributed by atoms with Crippen LogP contribution >= 0.6 is 0 Å². The molecule has 0 saturated carbocycles. The molecule has 1 rings (SSSR count). The maximum atomic E-state index is 11.4. The fraction of sp³-hybridized carbons (Fsp3) is 0.417. The van der Waals surface area contributed by atoms with Crippen molar-refractivity contribution in [3.8, 4) is 0 Å². The predicted octanol–water partition coefficient (Wildman–Crippen LogP) is 2.64. The van der Waals surface area contributed by atoms with Crippen molar-refractivity contribution in [1.82, 2.24) is 0 Å². The van der Waals surface area contributed by atoms with Gasteiger partial charge in [-0.05, 0) is 25.5 Å². The van der Waals surface area contributed by atoms with Crippen molar-refractivity contribution in [2.24, 2.45) is 0 Å². The van der Waals surface area contributed by atoms with Crippen molar-refractivity contribution >= 4 is 17.2 Å². The van der Waals surface area contributed by atoms with E-state index < -0.39 is 4.92 Å². The highest BCUT2D eigenvalue weighted by Gasteiger charge is 2.18. The average Bonchev–Trinajstić information content (AvgIpc) is 2.28. The van der Waals surface area contributed by atoms with E-state index in [4.69, 9.17) is 0 Å². The van der Waals surface area contributed by atoms with Crippen LogP contribution in [0.25, 0.3) is 0 Å². The average molecular weight is 236 g/mol. The monoisotopic (exact) mass is 236 g/mol. The second kappa shape index (κ2) is 5.43. The molecule has 0 atom stereocenters. The lowest BCUT2D eigenvalue weighted by Crippen LogP contribution is -2.18. The van der Waals surface area contributed by atoms with Crippen LogP contribution in [0.5, 0.6) is 0 Å². The Morgan fingerprint density at radius 3 is 2.59 bits per heavy atom. The minimum absolute atomic E-state index is 0.133. The maximum absolute atomic E-state index is 11.4. The molecule has 0 radical (unpaired) electrons. The number of Topliss-reactive ketones (excluding diaryl/α,β-unsaturated/α-hetero) is 1. The van der Waals surface area contributed by atoms with Crippen LogP contribution in [-0.2, 0) is 0 Å². The molecule has 0 saturated heterocycles. The lowest BCUT2D eigenvalue weighted by atomic mass is 10.1. The van der Waals surface area contributed by atoms with E-state index in [1.807, 2.05) is 18.9 Å². The van der Waals surface area contributed by atoms with E-state index in [1.165, 1.54) is 13.0 Å². The van der Waals surface area contributed by atoms with Gasteiger partial charge < -0.3 is 4.90 Å². The van der Waals surface area contributed by atoms with Crippen molar-refractivity contribution in [3.05, 3.63) is 33.9 Å². The molecule has 0 aliphatic carbocycles. The Morgan fingerprint density at radius 1 is 1.47 bits per heavy atom. The molecule has 0 unspecified atom stereocenters. The van der Waals surface area contributed by atoms with E-state index in [-0.39, 0.29) is 17.0 Å². The number of nitro benzene ring substituents is 1. The van der Waals surface area contributed by atoms with Gasteiger partial charge in [-0.2, -0.15) is 0 Å². The quantitative estimate of drug-likeness (QED) is 0.448. The molecule has 0 spiro atoms. The summed E-state index contributed by atoms with van der Waals surface area (Å²) in [5, 5.41) is 10.8. The van der Waals surface area contributed by atoms with Gasteiger partial charge in [0.1, 0.15) is 0 Å². The Morgan fingerprint density at radius 2 is 2.12 bits per heavy atom. The summed E-state index contributed by atoms with van der Waals surface area (Å²) in [6.07, 6.45) is 0.975. The van der Waals surface area contributed by atoms with Crippen LogP contribution in [0.2, 0.25) is 0 Å². The first-order chi connectivity index (χ1) is 7.97. The van der Waals surface area contributed by atoms with Crippen molar-refractivity contribution in [2.75, 3.05) is 18.5 Å². The first-order valence-corrected chi connectivity index (χ1v) is 5.48. The molecule has 0 N–H and O–H groups in total. The number of hydrogen-bond acceptors (Lipinski definition) is 4. The summed E-state index contributed by atoms with van der Waals surface area (Å²) in [5.74, 6) is -0.288. The number of benzene rings is 1. The summed E-state index contributed by atoms with van der Waals surface area (Å²) in [7, 11) is 1.90. The number of carbonyl (C=O) groups excluding carboxylic acids is 1. The molecule has 1 aromatic carbocycles. The van der Waals surface area contributed by atoms with E-state index in [2.05, 4.69) is 0 Å². The highest BCUT2D eigenvalue weighted by molar-refractivity contribution is 5.99. The summed E-state index contributed by atoms with van der Waals surface area (Å²) in [6.45, 7) is 4.23. The molecular weight excluding hydrogens is 220 g/mol. The predicted molar refractivity (Wildman–Crippen MR) is 66.7 cm³/mol. The van der Waals surface area contributed by atoms with Gasteiger partial charge in [0.2, 0.25) is 0 Å². The summed E-state index contributed by atoms with van der Waals surface area (Å²) < 4.78 is 0. The van der Waals surface area contributed by atoms with Gasteiger partial charge in [0.25, 0.3) is 5.69 Å². The molecule has 5 heteroatoms. The fourth-order valence-corrected chi connectivity index (χ4v) is 1.67. The number of carbonyl (C=O) groups is 1. The topological polar surface area (TPSA) is 63.4 Å². The van der Waals surface area contributed by atoms with Crippen molar-refractivity contribution in [1.29, 1.82) is 0 Å². The third-order valence-corrected chi connectivity index (χ3v) is 2.56. The minimum atomic E-state index is -0.527. The largest absolute Gasteiger partial charge is 0.375 e. The van der Waals surface area contributed by atoms with Gasteiger partial charge in [-0.25, -0.2) is 0 Å². The second-order valence-electron chi connectivity index (χ2n) is 3.94. The highest BCUT2D eigenvalue weighted by atomic mass is 16.6. The Kier molecular flexibility index (Phi) is 4.20. The molecule has 0 fully saturated rings. The number of rotatable bonds is 5. The lowest BCUT2D eigenvalue weighted by Gasteiger charge is -2.18. The lowest BCUT2D eigenvalue weighted by molar-refractivity contribution is -0.385. The third-order valence-electron chi connectivity index (χ3n) is 2.56. The SMILES string of the molecule is CCCN(C)c1ccc([N+](=O)[O-])c(C(C)=O)c1. The zero-order valence-electron chi connectivity index (χ0n) is 10.3. The molecule has 92 valence electrons. The number of nitrogens with zero attached hydrogens (tertiary/aromatic N) is 2. The molecular formula is C12H16N2O3. The van der Waals surface area contributed by atoms with E-state index in [1.54, 1.807) is 12.1 Å². The Labute approximate surface area is 100 Å². The van der Waals surface area contributed by atoms with E-state index in [0.717, 1.165) is 18.7 Å². The Bertz CT molecular complexity index is 443. The number of hydrogen-bond donors (Lipinski definition) is 0. The summed E-state index contributed by atoms with van der Waals surface area (Å²) in [4.78, 5) is 23.6. The van der Waals surface area contributed by atoms with Gasteiger partial charge in [0.15, 0.2) is 5.78 Å². The van der Waals surface area contributed by atoms with Gasteiger partial charge in [-0.3, -0.25) is 14.9 Å². The van der Waals surface area contributed by atoms with Crippen molar-refractivity contribution in [3.63, 3.8) is 0 Å². The summed E-state index contributed by atoms with van der Waals surface area (Å²) >= 11 is 0. The van der Waals surface area contributed by atoms with Crippen LogP contribution in [0.1, 0.15) is 30.6 Å². The molecule has 0 aliphatic heterocycles. The van der Waals surface area contributed by atoms with Crippen LogP contribution in [0.15, 0.2) is 18.2 Å². The molecule has 1 aromatic rings. The van der Waals surface area contributed by atoms with Crippen molar-refractivity contribution < 1.29 is 9.72 Å². The smallest absolute Gasteiger partial charge is 0.280 e. The van der Waals surface area contributed by atoms with E-state index >= 15 is 0 Å². The Hall–Kier alpha value is -1.91. The molecule has 0 aliphatic rings. The van der Waals surface area contributed by atoms with Crippen molar-refractivity contribution in [2.45, 2.75) is 20.3 Å². The number of anilines is 1. The molecule has 0 heterocycles. The molecule has 5 nitrogen and oxygen atoms in total. The standard InChI is InChI=1S/C12H16N2O3/c1-4-7-13(3)10-5-6-12(14(16)17)11(8-10)9(2)15/h5-6,8H,4,7H2,1-3H3. The molecule has 0 amide bonds. The fourth-order valence-electron chi connectivity index (χ4n) is 1.67. The van der Waals surface area contributed by atoms with Crippen LogP contribution in [0.3, 0.4) is 0 Å². The minimum Gasteiger partial charge on any atom is -0.375 e. The van der Waals surface area contributed by atoms with Gasteiger partial charge in [0.05, 0.1) is 10.5 Å². The van der Waals surface area contributed by atoms with E-state index in [9.17, 15) is 14.9 Å². The summed E-state index contributed by atoms with van der Waals surface area (Å²) in [5.41, 5.74) is 0.851. The molecule has 17 heavy (non-hydrogen) atoms. The molecule has 0 aromatic heterocycles. The summed E-state index contributed by atoms with van der Waals surface area (Å²) in [6, 6.07) is 4.63. The number of nitro groups is 1. The number of ketones is 1. The molecule has 0 bridgehead atoms. The zero-order chi connectivity index (χ0) is 13.0. The zero-order valence-corrected chi connectivity index (χ0v) is 10.3. The highest BCUT2D eigenvalue weighted by Crippen LogP contribution is 2.25. The van der Waals surface area contributed by atoms with Gasteiger partial charge >= 0.3 is 0 Å². The normalized spacial score (nSPS) is 10.1. The van der Waals surface area contributed by atoms with Crippen LogP contribution < -0.4 is 4.90 Å². The van der Waals surface area contributed by atoms with Gasteiger partial charge in [-0.1, -0.05) is 6.92 Å². The van der Waals surface area contributed by atoms with Crippen LogP contribution in [0, 0.1) is 10.1 Å². The van der Waals surface area contributed by atoms with Gasteiger partial charge in [-0.15, -0.1) is 0 Å².